The van der Waals surface area contributed by atoms with Crippen LogP contribution in [-0.4, -0.2) is 25.3 Å². The van der Waals surface area contributed by atoms with Crippen LogP contribution in [0, 0.1) is 6.92 Å². The van der Waals surface area contributed by atoms with Crippen LogP contribution >= 0.6 is 11.6 Å². The maximum absolute atomic E-state index is 11.9. The highest BCUT2D eigenvalue weighted by atomic mass is 35.5. The first kappa shape index (κ1) is 17.8. The number of aryl methyl sites for hydroxylation is 1. The maximum Gasteiger partial charge on any atom is 0.259 e. The first-order chi connectivity index (χ1) is 11.5. The largest absolute Gasteiger partial charge is 0.496 e. The molecule has 2 rings (SSSR count). The van der Waals surface area contributed by atoms with Gasteiger partial charge in [-0.15, -0.1) is 0 Å². The second kappa shape index (κ2) is 8.36. The van der Waals surface area contributed by atoms with E-state index in [9.17, 15) is 4.79 Å². The monoisotopic (exact) mass is 345 g/mol. The van der Waals surface area contributed by atoms with Crippen LogP contribution in [0.25, 0.3) is 0 Å². The van der Waals surface area contributed by atoms with E-state index in [1.54, 1.807) is 32.2 Å². The number of nitrogens with one attached hydrogen (secondary N) is 2. The fourth-order valence-corrected chi connectivity index (χ4v) is 2.23. The zero-order valence-electron chi connectivity index (χ0n) is 13.9. The highest BCUT2D eigenvalue weighted by Crippen LogP contribution is 2.23. The standard InChI is InChI=1S/C18H20ClN3O2/c1-12-4-7-15(8-5-12)20-11-18(23)22-21-13(2)16-10-14(19)6-9-17(16)24-3/h4-10,20H,11H2,1-3H3,(H,22,23)/b21-13-. The number of hydrogen-bond donors (Lipinski definition) is 2. The predicted octanol–water partition coefficient (Wildman–Crippen LogP) is 3.61. The molecule has 24 heavy (non-hydrogen) atoms. The number of amides is 1. The molecule has 2 aromatic carbocycles. The van der Waals surface area contributed by atoms with Gasteiger partial charge in [-0.2, -0.15) is 5.10 Å². The van der Waals surface area contributed by atoms with Crippen molar-refractivity contribution in [2.45, 2.75) is 13.8 Å². The van der Waals surface area contributed by atoms with Gasteiger partial charge in [0.15, 0.2) is 0 Å². The summed E-state index contributed by atoms with van der Waals surface area (Å²) in [4.78, 5) is 11.9. The molecule has 0 atom stereocenters. The average molecular weight is 346 g/mol. The van der Waals surface area contributed by atoms with Gasteiger partial charge in [0.25, 0.3) is 5.91 Å². The third-order valence-corrected chi connectivity index (χ3v) is 3.64. The minimum atomic E-state index is -0.240. The Morgan fingerprint density at radius 1 is 1.21 bits per heavy atom. The summed E-state index contributed by atoms with van der Waals surface area (Å²) < 4.78 is 5.28. The van der Waals surface area contributed by atoms with Crippen molar-refractivity contribution in [2.75, 3.05) is 19.0 Å². The number of methoxy groups -OCH3 is 1. The first-order valence-corrected chi connectivity index (χ1v) is 7.85. The SMILES string of the molecule is COc1ccc(Cl)cc1/C(C)=N\NC(=O)CNc1ccc(C)cc1. The quantitative estimate of drug-likeness (QED) is 0.621. The second-order valence-electron chi connectivity index (χ2n) is 5.30. The van der Waals surface area contributed by atoms with Gasteiger partial charge in [0.05, 0.1) is 19.4 Å². The Balaban J connectivity index is 1.95. The van der Waals surface area contributed by atoms with Crippen LogP contribution in [0.5, 0.6) is 5.75 Å². The van der Waals surface area contributed by atoms with E-state index in [-0.39, 0.29) is 12.5 Å². The van der Waals surface area contributed by atoms with Gasteiger partial charge in [-0.3, -0.25) is 4.79 Å². The smallest absolute Gasteiger partial charge is 0.259 e. The first-order valence-electron chi connectivity index (χ1n) is 7.47. The summed E-state index contributed by atoms with van der Waals surface area (Å²) in [5.74, 6) is 0.406. The van der Waals surface area contributed by atoms with E-state index < -0.39 is 0 Å². The number of ether oxygens (including phenoxy) is 1. The van der Waals surface area contributed by atoms with Gasteiger partial charge in [0.2, 0.25) is 0 Å². The summed E-state index contributed by atoms with van der Waals surface area (Å²) in [7, 11) is 1.57. The van der Waals surface area contributed by atoms with Crippen LogP contribution in [0.2, 0.25) is 5.02 Å². The zero-order chi connectivity index (χ0) is 17.5. The van der Waals surface area contributed by atoms with Crippen LogP contribution in [-0.2, 0) is 4.79 Å². The lowest BCUT2D eigenvalue weighted by atomic mass is 10.1. The van der Waals surface area contributed by atoms with E-state index >= 15 is 0 Å². The molecule has 1 amide bonds. The number of anilines is 1. The predicted molar refractivity (Wildman–Crippen MR) is 98.0 cm³/mol. The molecule has 0 fully saturated rings. The number of nitrogens with zero attached hydrogens (tertiary/aromatic N) is 1. The second-order valence-corrected chi connectivity index (χ2v) is 5.73. The lowest BCUT2D eigenvalue weighted by Gasteiger charge is -2.09. The molecule has 0 spiro atoms. The number of hydrazone groups is 1. The van der Waals surface area contributed by atoms with Crippen molar-refractivity contribution in [3.8, 4) is 5.75 Å². The highest BCUT2D eigenvalue weighted by molar-refractivity contribution is 6.31. The average Bonchev–Trinajstić information content (AvgIpc) is 2.59. The van der Waals surface area contributed by atoms with E-state index in [2.05, 4.69) is 15.8 Å². The van der Waals surface area contributed by atoms with Crippen LogP contribution in [0.15, 0.2) is 47.6 Å². The number of hydrogen-bond acceptors (Lipinski definition) is 4. The van der Waals surface area contributed by atoms with E-state index in [0.29, 0.717) is 16.5 Å². The summed E-state index contributed by atoms with van der Waals surface area (Å²) in [6.45, 7) is 3.92. The third-order valence-electron chi connectivity index (χ3n) is 3.40. The maximum atomic E-state index is 11.9. The Bertz CT molecular complexity index is 742. The van der Waals surface area contributed by atoms with Crippen molar-refractivity contribution in [3.05, 3.63) is 58.6 Å². The molecule has 6 heteroatoms. The minimum absolute atomic E-state index is 0.131. The number of carbonyl (C=O) groups excluding carboxylic acids is 1. The molecular weight excluding hydrogens is 326 g/mol. The molecule has 2 aromatic rings. The van der Waals surface area contributed by atoms with Gasteiger partial charge in [-0.25, -0.2) is 5.43 Å². The van der Waals surface area contributed by atoms with E-state index in [4.69, 9.17) is 16.3 Å². The molecule has 0 aliphatic heterocycles. The normalized spacial score (nSPS) is 11.1. The van der Waals surface area contributed by atoms with Crippen molar-refractivity contribution < 1.29 is 9.53 Å². The summed E-state index contributed by atoms with van der Waals surface area (Å²) >= 11 is 6.00. The molecule has 5 nitrogen and oxygen atoms in total. The molecule has 126 valence electrons. The lowest BCUT2D eigenvalue weighted by molar-refractivity contribution is -0.119. The summed E-state index contributed by atoms with van der Waals surface area (Å²) in [6, 6.07) is 13.1. The molecular formula is C18H20ClN3O2. The van der Waals surface area contributed by atoms with Crippen molar-refractivity contribution in [1.82, 2.24) is 5.43 Å². The van der Waals surface area contributed by atoms with Crippen LogP contribution in [0.3, 0.4) is 0 Å². The topological polar surface area (TPSA) is 62.7 Å². The zero-order valence-corrected chi connectivity index (χ0v) is 14.6. The number of carbonyl (C=O) groups is 1. The molecule has 0 bridgehead atoms. The Kier molecular flexibility index (Phi) is 6.21. The molecule has 0 unspecified atom stereocenters. The molecule has 0 aliphatic carbocycles. The fraction of sp³-hybridized carbons (Fsp3) is 0.222. The van der Waals surface area contributed by atoms with Gasteiger partial charge in [-0.05, 0) is 44.2 Å². The minimum Gasteiger partial charge on any atom is -0.496 e. The number of halogens is 1. The van der Waals surface area contributed by atoms with E-state index in [0.717, 1.165) is 11.3 Å². The van der Waals surface area contributed by atoms with Crippen LogP contribution in [0.4, 0.5) is 5.69 Å². The summed E-state index contributed by atoms with van der Waals surface area (Å²) in [5.41, 5.74) is 5.91. The molecule has 2 N–H and O–H groups in total. The summed E-state index contributed by atoms with van der Waals surface area (Å²) in [6.07, 6.45) is 0. The van der Waals surface area contributed by atoms with Crippen LogP contribution in [0.1, 0.15) is 18.1 Å². The number of rotatable bonds is 6. The van der Waals surface area contributed by atoms with Gasteiger partial charge >= 0.3 is 0 Å². The lowest BCUT2D eigenvalue weighted by Crippen LogP contribution is -2.26. The van der Waals surface area contributed by atoms with Gasteiger partial charge in [0, 0.05) is 16.3 Å². The van der Waals surface area contributed by atoms with Crippen molar-refractivity contribution in [2.24, 2.45) is 5.10 Å². The third kappa shape index (κ3) is 4.99. The molecule has 0 saturated heterocycles. The van der Waals surface area contributed by atoms with Gasteiger partial charge in [0.1, 0.15) is 5.75 Å². The van der Waals surface area contributed by atoms with E-state index in [1.807, 2.05) is 31.2 Å². The highest BCUT2D eigenvalue weighted by Gasteiger charge is 2.08. The fourth-order valence-electron chi connectivity index (χ4n) is 2.06. The van der Waals surface area contributed by atoms with Crippen molar-refractivity contribution >= 4 is 28.9 Å². The molecule has 0 aromatic heterocycles. The number of benzene rings is 2. The van der Waals surface area contributed by atoms with Crippen molar-refractivity contribution in [3.63, 3.8) is 0 Å². The Morgan fingerprint density at radius 2 is 1.92 bits per heavy atom. The van der Waals surface area contributed by atoms with Gasteiger partial charge in [-0.1, -0.05) is 29.3 Å². The van der Waals surface area contributed by atoms with E-state index in [1.165, 1.54) is 5.56 Å². The Labute approximate surface area is 146 Å². The molecule has 0 radical (unpaired) electrons. The molecule has 0 aliphatic rings. The molecule has 0 heterocycles. The van der Waals surface area contributed by atoms with Gasteiger partial charge < -0.3 is 10.1 Å². The summed E-state index contributed by atoms with van der Waals surface area (Å²) in [5, 5.41) is 7.73. The van der Waals surface area contributed by atoms with Crippen molar-refractivity contribution in [1.29, 1.82) is 0 Å². The molecule has 0 saturated carbocycles. The van der Waals surface area contributed by atoms with Crippen LogP contribution < -0.4 is 15.5 Å². The Hall–Kier alpha value is -2.53. The Morgan fingerprint density at radius 3 is 2.58 bits per heavy atom.